The molecule has 5 aliphatic rings. The van der Waals surface area contributed by atoms with Crippen LogP contribution in [0.1, 0.15) is 198 Å². The molecule has 0 atom stereocenters. The summed E-state index contributed by atoms with van der Waals surface area (Å²) in [5, 5.41) is 1.23. The predicted molar refractivity (Wildman–Crippen MR) is 314 cm³/mol. The maximum Gasteiger partial charge on any atom is 0.297 e. The van der Waals surface area contributed by atoms with E-state index in [1.807, 2.05) is 0 Å². The van der Waals surface area contributed by atoms with Crippen LogP contribution in [0.25, 0.3) is 22.1 Å². The third-order valence-corrected chi connectivity index (χ3v) is 19.7. The van der Waals surface area contributed by atoms with Crippen LogP contribution < -0.4 is 26.4 Å². The fourth-order valence-corrected chi connectivity index (χ4v) is 14.6. The van der Waals surface area contributed by atoms with E-state index in [0.29, 0.717) is 0 Å². The van der Waals surface area contributed by atoms with E-state index >= 15 is 0 Å². The zero-order valence-electron chi connectivity index (χ0n) is 47.8. The first-order valence-corrected chi connectivity index (χ1v) is 27.9. The Morgan fingerprint density at radius 2 is 0.986 bits per heavy atom. The molecule has 3 nitrogen and oxygen atoms in total. The standard InChI is InChI=1S/C69H81BN2O/c1-40-32-56-60-57(33-40)72(54-25-22-43(63(4,5)6)34-45(54)59-41(2)20-19-21-42(59)3)55-38-51-50(67(13,14)29-30-68(51,15)16)37-53(55)70(60)62-61(46-36-49-52(39-58(46)73-62)69(17,18)31-28-66(49,11)12)71(56)44-23-24-47-48(35-44)65(9,10)27-26-64(47,7)8/h19-25,32-39H,26-31H2,1-18H3. The SMILES string of the molecule is Cc1cc2c3c(c1)N(c1ccc4c(c1)C(C)(C)CCC4(C)C)c1c(oc4cc5c(cc14)C(C)(C)CCC5(C)C)B3c1cc3c(cc1N2c1ccc(C(C)(C)C)cc1-c1c(C)cccc1C)C(C)(C)CCC3(C)C. The van der Waals surface area contributed by atoms with Crippen molar-refractivity contribution in [2.75, 3.05) is 9.80 Å². The van der Waals surface area contributed by atoms with Crippen LogP contribution in [-0.4, -0.2) is 6.71 Å². The predicted octanol–water partition coefficient (Wildman–Crippen LogP) is 17.5. The van der Waals surface area contributed by atoms with Crippen molar-refractivity contribution >= 4 is 68.4 Å². The van der Waals surface area contributed by atoms with E-state index in [1.165, 1.54) is 124 Å². The lowest BCUT2D eigenvalue weighted by molar-refractivity contribution is 0.332. The van der Waals surface area contributed by atoms with Gasteiger partial charge in [0.05, 0.1) is 17.0 Å². The second-order valence-electron chi connectivity index (χ2n) is 28.8. The molecule has 6 aromatic carbocycles. The first kappa shape index (κ1) is 48.5. The minimum absolute atomic E-state index is 0.0101. The summed E-state index contributed by atoms with van der Waals surface area (Å²) >= 11 is 0. The highest BCUT2D eigenvalue weighted by Gasteiger charge is 2.50. The summed E-state index contributed by atoms with van der Waals surface area (Å²) in [6.07, 6.45) is 6.97. The zero-order valence-corrected chi connectivity index (χ0v) is 47.8. The van der Waals surface area contributed by atoms with Gasteiger partial charge in [0.1, 0.15) is 5.58 Å². The molecule has 3 aliphatic carbocycles. The molecular formula is C69H81BN2O. The van der Waals surface area contributed by atoms with Crippen LogP contribution in [0.5, 0.6) is 0 Å². The average molecular weight is 965 g/mol. The molecule has 0 N–H and O–H groups in total. The second kappa shape index (κ2) is 15.3. The van der Waals surface area contributed by atoms with Crippen LogP contribution in [0.4, 0.5) is 34.1 Å². The summed E-state index contributed by atoms with van der Waals surface area (Å²) < 4.78 is 7.79. The molecule has 7 aromatic rings. The monoisotopic (exact) mass is 965 g/mol. The number of aryl methyl sites for hydroxylation is 3. The first-order chi connectivity index (χ1) is 34.0. The number of rotatable bonds is 3. The van der Waals surface area contributed by atoms with Crippen LogP contribution in [0, 0.1) is 20.8 Å². The van der Waals surface area contributed by atoms with E-state index in [0.717, 1.165) is 43.3 Å². The van der Waals surface area contributed by atoms with Crippen LogP contribution in [0.2, 0.25) is 0 Å². The Balaban J connectivity index is 1.24. The summed E-state index contributed by atoms with van der Waals surface area (Å²) in [7, 11) is 0. The van der Waals surface area contributed by atoms with Crippen molar-refractivity contribution in [1.82, 2.24) is 0 Å². The fourth-order valence-electron chi connectivity index (χ4n) is 14.6. The molecule has 0 saturated carbocycles. The maximum absolute atomic E-state index is 7.79. The average Bonchev–Trinajstić information content (AvgIpc) is 3.68. The van der Waals surface area contributed by atoms with Gasteiger partial charge in [0.2, 0.25) is 0 Å². The second-order valence-corrected chi connectivity index (χ2v) is 28.8. The number of hydrogen-bond donors (Lipinski definition) is 0. The summed E-state index contributed by atoms with van der Waals surface area (Å²) in [5.41, 5.74) is 29.0. The summed E-state index contributed by atoms with van der Waals surface area (Å²) in [5.74, 6) is 0. The molecule has 0 bridgehead atoms. The lowest BCUT2D eigenvalue weighted by Gasteiger charge is -2.47. The summed E-state index contributed by atoms with van der Waals surface area (Å²) in [4.78, 5) is 5.37. The van der Waals surface area contributed by atoms with E-state index < -0.39 is 0 Å². The van der Waals surface area contributed by atoms with E-state index in [2.05, 4.69) is 225 Å². The molecule has 3 heterocycles. The van der Waals surface area contributed by atoms with Crippen molar-refractivity contribution in [2.24, 2.45) is 0 Å². The Morgan fingerprint density at radius 3 is 1.56 bits per heavy atom. The molecule has 0 amide bonds. The van der Waals surface area contributed by atoms with Gasteiger partial charge in [-0.1, -0.05) is 140 Å². The van der Waals surface area contributed by atoms with Gasteiger partial charge in [-0.25, -0.2) is 0 Å². The number of fused-ring (bicyclic) bond motifs is 9. The molecule has 376 valence electrons. The van der Waals surface area contributed by atoms with Gasteiger partial charge < -0.3 is 14.2 Å². The molecule has 1 aromatic heterocycles. The Labute approximate surface area is 439 Å². The number of nitrogens with zero attached hydrogens (tertiary/aromatic N) is 2. The number of hydrogen-bond acceptors (Lipinski definition) is 3. The van der Waals surface area contributed by atoms with Crippen LogP contribution in [0.3, 0.4) is 0 Å². The molecule has 0 spiro atoms. The molecule has 0 radical (unpaired) electrons. The zero-order chi connectivity index (χ0) is 52.1. The Kier molecular flexibility index (Phi) is 10.2. The number of anilines is 6. The van der Waals surface area contributed by atoms with Crippen LogP contribution >= 0.6 is 0 Å². The Morgan fingerprint density at radius 1 is 0.479 bits per heavy atom. The van der Waals surface area contributed by atoms with Crippen molar-refractivity contribution < 1.29 is 4.42 Å². The van der Waals surface area contributed by atoms with Crippen LogP contribution in [0.15, 0.2) is 95.4 Å². The minimum atomic E-state index is -0.134. The Bertz CT molecular complexity index is 3490. The molecule has 4 heteroatoms. The highest BCUT2D eigenvalue weighted by Crippen LogP contribution is 2.56. The lowest BCUT2D eigenvalue weighted by Crippen LogP contribution is -2.61. The summed E-state index contributed by atoms with van der Waals surface area (Å²) in [6, 6.07) is 37.1. The smallest absolute Gasteiger partial charge is 0.297 e. The number of furan rings is 1. The first-order valence-electron chi connectivity index (χ1n) is 27.9. The van der Waals surface area contributed by atoms with Crippen molar-refractivity contribution in [2.45, 2.75) is 201 Å². The van der Waals surface area contributed by atoms with Gasteiger partial charge in [0, 0.05) is 33.7 Å². The summed E-state index contributed by atoms with van der Waals surface area (Å²) in [6.45, 7) is 43.5. The minimum Gasteiger partial charge on any atom is -0.468 e. The van der Waals surface area contributed by atoms with E-state index in [4.69, 9.17) is 4.42 Å². The van der Waals surface area contributed by atoms with Gasteiger partial charge >= 0.3 is 0 Å². The molecule has 73 heavy (non-hydrogen) atoms. The van der Waals surface area contributed by atoms with Crippen molar-refractivity contribution in [3.63, 3.8) is 0 Å². The van der Waals surface area contributed by atoms with Crippen molar-refractivity contribution in [3.8, 4) is 11.1 Å². The van der Waals surface area contributed by atoms with E-state index in [9.17, 15) is 0 Å². The van der Waals surface area contributed by atoms with Crippen LogP contribution in [-0.2, 0) is 37.9 Å². The molecule has 12 rings (SSSR count). The van der Waals surface area contributed by atoms with Gasteiger partial charge in [0.15, 0.2) is 0 Å². The third-order valence-electron chi connectivity index (χ3n) is 19.7. The fraction of sp³-hybridized carbons (Fsp3) is 0.449. The molecule has 0 unspecified atom stereocenters. The van der Waals surface area contributed by atoms with E-state index in [-0.39, 0.29) is 44.6 Å². The van der Waals surface area contributed by atoms with Crippen molar-refractivity contribution in [1.29, 1.82) is 0 Å². The van der Waals surface area contributed by atoms with Crippen molar-refractivity contribution in [3.05, 3.63) is 147 Å². The maximum atomic E-state index is 7.79. The van der Waals surface area contributed by atoms with Gasteiger partial charge in [0.25, 0.3) is 6.71 Å². The third kappa shape index (κ3) is 7.10. The molecular weight excluding hydrogens is 884 g/mol. The quantitative estimate of drug-likeness (QED) is 0.165. The topological polar surface area (TPSA) is 19.6 Å². The largest absolute Gasteiger partial charge is 0.468 e. The highest BCUT2D eigenvalue weighted by atomic mass is 16.3. The number of benzene rings is 6. The molecule has 0 saturated heterocycles. The lowest BCUT2D eigenvalue weighted by atomic mass is 9.35. The Hall–Kier alpha value is -5.48. The highest BCUT2D eigenvalue weighted by molar-refractivity contribution is 7.00. The molecule has 2 aliphatic heterocycles. The van der Waals surface area contributed by atoms with Gasteiger partial charge in [-0.15, -0.1) is 0 Å². The molecule has 0 fully saturated rings. The van der Waals surface area contributed by atoms with Gasteiger partial charge in [-0.05, 0) is 224 Å². The van der Waals surface area contributed by atoms with E-state index in [1.54, 1.807) is 0 Å². The van der Waals surface area contributed by atoms with Gasteiger partial charge in [-0.3, -0.25) is 0 Å². The normalized spacial score (nSPS) is 20.2. The van der Waals surface area contributed by atoms with Gasteiger partial charge in [-0.2, -0.15) is 0 Å².